The number of rotatable bonds is 8. The minimum absolute atomic E-state index is 0.0248. The third kappa shape index (κ3) is 4.05. The first-order valence-electron chi connectivity index (χ1n) is 8.75. The largest absolute Gasteiger partial charge is 0.481 e. The van der Waals surface area contributed by atoms with Crippen LogP contribution in [0.4, 0.5) is 0 Å². The number of carbonyl (C=O) groups is 5. The minimum atomic E-state index is -1.75. The van der Waals surface area contributed by atoms with Gasteiger partial charge < -0.3 is 20.3 Å². The first-order valence-corrected chi connectivity index (χ1v) is 10.7. The second-order valence-electron chi connectivity index (χ2n) is 6.72. The molecule has 1 aromatic heterocycles. The molecular formula is C18H18N2O8S2. The molecule has 10 nitrogen and oxygen atoms in total. The van der Waals surface area contributed by atoms with Gasteiger partial charge in [-0.05, 0) is 11.4 Å². The van der Waals surface area contributed by atoms with Gasteiger partial charge in [-0.15, -0.1) is 23.1 Å². The van der Waals surface area contributed by atoms with E-state index in [1.807, 2.05) is 0 Å². The van der Waals surface area contributed by atoms with Gasteiger partial charge in [0.15, 0.2) is 5.54 Å². The van der Waals surface area contributed by atoms with Crippen molar-refractivity contribution in [1.29, 1.82) is 0 Å². The predicted molar refractivity (Wildman–Crippen MR) is 106 cm³/mol. The molecule has 1 saturated heterocycles. The highest BCUT2D eigenvalue weighted by atomic mass is 32.2. The van der Waals surface area contributed by atoms with Gasteiger partial charge in [0.25, 0.3) is 5.91 Å². The zero-order valence-corrected chi connectivity index (χ0v) is 17.4. The number of β-lactam (4-membered cyclic amide) rings is 1. The molecule has 3 heterocycles. The van der Waals surface area contributed by atoms with E-state index in [0.717, 1.165) is 21.5 Å². The monoisotopic (exact) mass is 454 g/mol. The average molecular weight is 454 g/mol. The number of carbonyl (C=O) groups excluding carboxylic acids is 3. The van der Waals surface area contributed by atoms with Gasteiger partial charge in [0, 0.05) is 23.1 Å². The number of aliphatic carboxylic acids is 2. The summed E-state index contributed by atoms with van der Waals surface area (Å²) in [5.41, 5.74) is -1.88. The molecule has 1 fully saturated rings. The fourth-order valence-electron chi connectivity index (χ4n) is 3.41. The van der Waals surface area contributed by atoms with Crippen LogP contribution in [0.2, 0.25) is 0 Å². The van der Waals surface area contributed by atoms with Crippen molar-refractivity contribution in [2.24, 2.45) is 0 Å². The fourth-order valence-corrected chi connectivity index (χ4v) is 5.57. The summed E-state index contributed by atoms with van der Waals surface area (Å²) in [5, 5.41) is 22.4. The lowest BCUT2D eigenvalue weighted by Crippen LogP contribution is -2.80. The zero-order chi connectivity index (χ0) is 22.1. The number of carboxylic acids is 2. The highest BCUT2D eigenvalue weighted by molar-refractivity contribution is 8.00. The molecule has 0 aromatic carbocycles. The van der Waals surface area contributed by atoms with Gasteiger partial charge in [0.1, 0.15) is 17.7 Å². The Morgan fingerprint density at radius 1 is 1.33 bits per heavy atom. The first-order chi connectivity index (χ1) is 14.2. The van der Waals surface area contributed by atoms with Crippen LogP contribution in [0.3, 0.4) is 0 Å². The van der Waals surface area contributed by atoms with E-state index in [4.69, 9.17) is 4.74 Å². The third-order valence-corrected chi connectivity index (χ3v) is 6.93. The molecule has 3 rings (SSSR count). The van der Waals surface area contributed by atoms with Crippen LogP contribution < -0.4 is 5.32 Å². The maximum Gasteiger partial charge on any atom is 0.352 e. The Morgan fingerprint density at radius 2 is 2.07 bits per heavy atom. The van der Waals surface area contributed by atoms with E-state index < -0.39 is 47.1 Å². The van der Waals surface area contributed by atoms with Crippen molar-refractivity contribution in [1.82, 2.24) is 10.2 Å². The second-order valence-corrected chi connectivity index (χ2v) is 8.82. The first kappa shape index (κ1) is 21.8. The Bertz CT molecular complexity index is 942. The number of hydrogen-bond donors (Lipinski definition) is 3. The van der Waals surface area contributed by atoms with Crippen LogP contribution in [0.5, 0.6) is 0 Å². The smallest absolute Gasteiger partial charge is 0.352 e. The topological polar surface area (TPSA) is 150 Å². The molecule has 0 saturated carbocycles. The SMILES string of the molecule is CC(=O)OCC1=C(C(=O)O)N2C(=O)C(CC(=O)O)(NC(=O)Cc3cccs3)[C@H]2SC1. The molecule has 30 heavy (non-hydrogen) atoms. The number of esters is 1. The summed E-state index contributed by atoms with van der Waals surface area (Å²) in [7, 11) is 0. The summed E-state index contributed by atoms with van der Waals surface area (Å²) in [6.07, 6.45) is -0.703. The molecule has 2 aliphatic rings. The van der Waals surface area contributed by atoms with Crippen molar-refractivity contribution in [3.63, 3.8) is 0 Å². The molecule has 1 unspecified atom stereocenters. The Labute approximate surface area is 178 Å². The van der Waals surface area contributed by atoms with Crippen LogP contribution in [-0.4, -0.2) is 68.1 Å². The summed E-state index contributed by atoms with van der Waals surface area (Å²) in [4.78, 5) is 61.6. The number of thiophene rings is 1. The molecule has 3 N–H and O–H groups in total. The highest BCUT2D eigenvalue weighted by Crippen LogP contribution is 2.47. The van der Waals surface area contributed by atoms with Crippen molar-refractivity contribution in [3.8, 4) is 0 Å². The summed E-state index contributed by atoms with van der Waals surface area (Å²) < 4.78 is 4.87. The Balaban J connectivity index is 1.88. The Kier molecular flexibility index (Phi) is 6.17. The highest BCUT2D eigenvalue weighted by Gasteiger charge is 2.66. The van der Waals surface area contributed by atoms with E-state index in [9.17, 15) is 34.2 Å². The lowest BCUT2D eigenvalue weighted by atomic mass is 9.82. The average Bonchev–Trinajstić information content (AvgIpc) is 3.16. The van der Waals surface area contributed by atoms with Crippen LogP contribution in [0.1, 0.15) is 18.2 Å². The molecular weight excluding hydrogens is 436 g/mol. The minimum Gasteiger partial charge on any atom is -0.481 e. The van der Waals surface area contributed by atoms with Crippen molar-refractivity contribution in [2.45, 2.75) is 30.7 Å². The van der Waals surface area contributed by atoms with Crippen LogP contribution >= 0.6 is 23.1 Å². The van der Waals surface area contributed by atoms with Crippen LogP contribution in [0.15, 0.2) is 28.8 Å². The molecule has 0 radical (unpaired) electrons. The number of ether oxygens (including phenoxy) is 1. The third-order valence-electron chi connectivity index (χ3n) is 4.61. The Morgan fingerprint density at radius 3 is 2.63 bits per heavy atom. The van der Waals surface area contributed by atoms with Gasteiger partial charge in [0.2, 0.25) is 5.91 Å². The van der Waals surface area contributed by atoms with Crippen molar-refractivity contribution >= 4 is 52.8 Å². The molecule has 12 heteroatoms. The molecule has 0 aliphatic carbocycles. The number of nitrogens with zero attached hydrogens (tertiary/aromatic N) is 1. The number of fused-ring (bicyclic) bond motifs is 1. The standard InChI is InChI=1S/C18H18N2O8S2/c1-9(21)28-7-10-8-30-17-18(6-13(23)24,16(27)20(17)14(10)15(25)26)19-12(22)5-11-3-2-4-29-11/h2-4,17H,5-8H2,1H3,(H,19,22)(H,23,24)(H,25,26)/t17-,18?/m1/s1. The van der Waals surface area contributed by atoms with Crippen molar-refractivity contribution in [2.75, 3.05) is 12.4 Å². The van der Waals surface area contributed by atoms with Crippen LogP contribution in [0, 0.1) is 0 Å². The summed E-state index contributed by atoms with van der Waals surface area (Å²) in [5.74, 6) is -4.55. The lowest BCUT2D eigenvalue weighted by Gasteiger charge is -2.56. The van der Waals surface area contributed by atoms with Gasteiger partial charge in [-0.25, -0.2) is 4.79 Å². The normalized spacial score (nSPS) is 22.8. The van der Waals surface area contributed by atoms with Gasteiger partial charge in [-0.3, -0.25) is 24.1 Å². The molecule has 2 atom stereocenters. The van der Waals surface area contributed by atoms with Gasteiger partial charge in [-0.1, -0.05) is 6.07 Å². The quantitative estimate of drug-likeness (QED) is 0.375. The van der Waals surface area contributed by atoms with E-state index in [2.05, 4.69) is 5.32 Å². The molecule has 0 bridgehead atoms. The van der Waals surface area contributed by atoms with Gasteiger partial charge >= 0.3 is 17.9 Å². The fraction of sp³-hybridized carbons (Fsp3) is 0.389. The van der Waals surface area contributed by atoms with Crippen molar-refractivity contribution < 1.29 is 38.9 Å². The van der Waals surface area contributed by atoms with Gasteiger partial charge in [0.05, 0.1) is 12.8 Å². The van der Waals surface area contributed by atoms with Crippen LogP contribution in [0.25, 0.3) is 0 Å². The predicted octanol–water partition coefficient (Wildman–Crippen LogP) is 0.437. The van der Waals surface area contributed by atoms with E-state index >= 15 is 0 Å². The van der Waals surface area contributed by atoms with Crippen molar-refractivity contribution in [3.05, 3.63) is 33.7 Å². The number of carboxylic acid groups (broad SMARTS) is 2. The zero-order valence-electron chi connectivity index (χ0n) is 15.7. The molecule has 1 aromatic rings. The van der Waals surface area contributed by atoms with E-state index in [1.54, 1.807) is 17.5 Å². The maximum atomic E-state index is 13.0. The van der Waals surface area contributed by atoms with Gasteiger partial charge in [-0.2, -0.15) is 0 Å². The van der Waals surface area contributed by atoms with E-state index in [0.29, 0.717) is 0 Å². The lowest BCUT2D eigenvalue weighted by molar-refractivity contribution is -0.163. The number of amides is 2. The molecule has 2 amide bonds. The summed E-state index contributed by atoms with van der Waals surface area (Å²) >= 11 is 2.46. The molecule has 0 spiro atoms. The second kappa shape index (κ2) is 8.48. The maximum absolute atomic E-state index is 13.0. The number of hydrogen-bond acceptors (Lipinski definition) is 8. The summed E-state index contributed by atoms with van der Waals surface area (Å²) in [6, 6.07) is 3.51. The van der Waals surface area contributed by atoms with E-state index in [-0.39, 0.29) is 30.1 Å². The van der Waals surface area contributed by atoms with E-state index in [1.165, 1.54) is 18.3 Å². The molecule has 2 aliphatic heterocycles. The van der Waals surface area contributed by atoms with Crippen LogP contribution in [-0.2, 0) is 35.1 Å². The molecule has 160 valence electrons. The number of nitrogens with one attached hydrogen (secondary N) is 1. The summed E-state index contributed by atoms with van der Waals surface area (Å²) in [6.45, 7) is 0.882. The Hall–Kier alpha value is -2.86. The number of thioether (sulfide) groups is 1.